The summed E-state index contributed by atoms with van der Waals surface area (Å²) < 4.78 is 48.0. The van der Waals surface area contributed by atoms with Gasteiger partial charge in [-0.15, -0.1) is 0 Å². The maximum absolute atomic E-state index is 13.1. The molecule has 11 heteroatoms. The summed E-state index contributed by atoms with van der Waals surface area (Å²) in [6, 6.07) is 4.16. The minimum Gasteiger partial charge on any atom is -0.472 e. The summed E-state index contributed by atoms with van der Waals surface area (Å²) >= 11 is 0.665. The molecule has 0 atom stereocenters. The number of hydrogen-bond acceptors (Lipinski definition) is 8. The first kappa shape index (κ1) is 24.6. The van der Waals surface area contributed by atoms with Crippen molar-refractivity contribution < 1.29 is 31.4 Å². The standard InChI is InChI=1S/C20H24F2N2O6S/c1-6-28-31-30-15-9-13(19(26)29-12(2)3)10-23-17(15)14-7-8-16(24(5)18(14)25)27-11-20(4,21)22/h7-10,12H,6,11H2,1-5H3. The lowest BCUT2D eigenvalue weighted by Crippen LogP contribution is -2.26. The first-order valence-corrected chi connectivity index (χ1v) is 10.1. The van der Waals surface area contributed by atoms with Crippen molar-refractivity contribution in [2.24, 2.45) is 7.05 Å². The average molecular weight is 458 g/mol. The summed E-state index contributed by atoms with van der Waals surface area (Å²) in [7, 11) is 1.39. The zero-order valence-corrected chi connectivity index (χ0v) is 18.6. The smallest absolute Gasteiger partial charge is 0.340 e. The van der Waals surface area contributed by atoms with Gasteiger partial charge in [0, 0.05) is 26.2 Å². The second kappa shape index (κ2) is 10.6. The van der Waals surface area contributed by atoms with Crippen molar-refractivity contribution in [3.05, 3.63) is 40.3 Å². The van der Waals surface area contributed by atoms with Gasteiger partial charge in [0.2, 0.25) is 12.3 Å². The summed E-state index contributed by atoms with van der Waals surface area (Å²) in [5.74, 6) is -3.58. The van der Waals surface area contributed by atoms with Crippen LogP contribution in [0.5, 0.6) is 11.6 Å². The molecule has 0 aromatic carbocycles. The van der Waals surface area contributed by atoms with Crippen LogP contribution in [0.3, 0.4) is 0 Å². The second-order valence-electron chi connectivity index (χ2n) is 6.89. The molecule has 2 heterocycles. The molecule has 31 heavy (non-hydrogen) atoms. The Kier molecular flexibility index (Phi) is 8.40. The van der Waals surface area contributed by atoms with E-state index in [4.69, 9.17) is 17.8 Å². The Morgan fingerprint density at radius 2 is 2.03 bits per heavy atom. The van der Waals surface area contributed by atoms with Crippen molar-refractivity contribution in [2.75, 3.05) is 13.2 Å². The van der Waals surface area contributed by atoms with Gasteiger partial charge in [0.15, 0.2) is 18.2 Å². The van der Waals surface area contributed by atoms with Crippen LogP contribution < -0.4 is 14.5 Å². The molecule has 2 aromatic heterocycles. The molecule has 0 unspecified atom stereocenters. The molecule has 2 rings (SSSR count). The monoisotopic (exact) mass is 458 g/mol. The van der Waals surface area contributed by atoms with Crippen LogP contribution >= 0.6 is 12.3 Å². The number of rotatable bonds is 10. The Morgan fingerprint density at radius 3 is 2.65 bits per heavy atom. The van der Waals surface area contributed by atoms with E-state index >= 15 is 0 Å². The normalized spacial score (nSPS) is 11.5. The van der Waals surface area contributed by atoms with Crippen LogP contribution in [-0.2, 0) is 16.0 Å². The maximum Gasteiger partial charge on any atom is 0.340 e. The van der Waals surface area contributed by atoms with Gasteiger partial charge in [-0.3, -0.25) is 18.5 Å². The molecule has 0 spiro atoms. The molecule has 170 valence electrons. The number of esters is 1. The molecule has 0 aliphatic rings. The van der Waals surface area contributed by atoms with E-state index in [0.29, 0.717) is 18.9 Å². The van der Waals surface area contributed by atoms with E-state index in [1.165, 1.54) is 31.4 Å². The number of ether oxygens (including phenoxy) is 2. The number of aromatic nitrogens is 2. The molecule has 0 saturated heterocycles. The van der Waals surface area contributed by atoms with Crippen molar-refractivity contribution in [1.29, 1.82) is 0 Å². The van der Waals surface area contributed by atoms with Crippen molar-refractivity contribution in [2.45, 2.75) is 39.7 Å². The number of halogens is 2. The van der Waals surface area contributed by atoms with E-state index in [0.717, 1.165) is 11.5 Å². The topological polar surface area (TPSA) is 88.9 Å². The molecule has 0 fully saturated rings. The maximum atomic E-state index is 13.1. The number of pyridine rings is 2. The SMILES string of the molecule is CCOSOc1cc(C(=O)OC(C)C)cnc1-c1ccc(OCC(C)(F)F)n(C)c1=O. The van der Waals surface area contributed by atoms with Gasteiger partial charge in [0.1, 0.15) is 5.69 Å². The van der Waals surface area contributed by atoms with Crippen LogP contribution in [0.2, 0.25) is 0 Å². The largest absolute Gasteiger partial charge is 0.472 e. The fourth-order valence-corrected chi connectivity index (χ4v) is 2.70. The Morgan fingerprint density at radius 1 is 1.32 bits per heavy atom. The quantitative estimate of drug-likeness (QED) is 0.300. The average Bonchev–Trinajstić information content (AvgIpc) is 2.68. The van der Waals surface area contributed by atoms with Crippen LogP contribution in [0.25, 0.3) is 11.3 Å². The zero-order valence-electron chi connectivity index (χ0n) is 17.8. The van der Waals surface area contributed by atoms with Crippen molar-refractivity contribution >= 4 is 18.3 Å². The highest BCUT2D eigenvalue weighted by Crippen LogP contribution is 2.31. The minimum absolute atomic E-state index is 0.0291. The highest BCUT2D eigenvalue weighted by Gasteiger charge is 2.24. The molecule has 2 aromatic rings. The van der Waals surface area contributed by atoms with E-state index in [9.17, 15) is 18.4 Å². The summed E-state index contributed by atoms with van der Waals surface area (Å²) in [6.45, 7) is 5.39. The Bertz CT molecular complexity index is 975. The number of carbonyl (C=O) groups is 1. The van der Waals surface area contributed by atoms with Gasteiger partial charge in [0.05, 0.1) is 23.8 Å². The third-order valence-corrected chi connectivity index (χ3v) is 4.29. The van der Waals surface area contributed by atoms with Gasteiger partial charge >= 0.3 is 5.97 Å². The molecule has 0 amide bonds. The number of nitrogens with zero attached hydrogens (tertiary/aromatic N) is 2. The van der Waals surface area contributed by atoms with E-state index in [1.54, 1.807) is 20.8 Å². The first-order chi connectivity index (χ1) is 14.5. The second-order valence-corrected chi connectivity index (χ2v) is 7.43. The van der Waals surface area contributed by atoms with Crippen molar-refractivity contribution in [3.8, 4) is 22.9 Å². The first-order valence-electron chi connectivity index (χ1n) is 9.41. The highest BCUT2D eigenvalue weighted by atomic mass is 32.2. The summed E-state index contributed by atoms with van der Waals surface area (Å²) in [5, 5.41) is 0. The van der Waals surface area contributed by atoms with Crippen molar-refractivity contribution in [1.82, 2.24) is 9.55 Å². The summed E-state index contributed by atoms with van der Waals surface area (Å²) in [4.78, 5) is 29.2. The summed E-state index contributed by atoms with van der Waals surface area (Å²) in [6.07, 6.45) is 0.935. The van der Waals surface area contributed by atoms with Crippen LogP contribution in [0.15, 0.2) is 29.2 Å². The highest BCUT2D eigenvalue weighted by molar-refractivity contribution is 7.90. The Hall–Kier alpha value is -2.66. The van der Waals surface area contributed by atoms with Crippen LogP contribution in [0, 0.1) is 0 Å². The van der Waals surface area contributed by atoms with Crippen LogP contribution in [0.1, 0.15) is 38.1 Å². The predicted molar refractivity (Wildman–Crippen MR) is 111 cm³/mol. The van der Waals surface area contributed by atoms with Crippen molar-refractivity contribution in [3.63, 3.8) is 0 Å². The van der Waals surface area contributed by atoms with E-state index in [1.807, 2.05) is 0 Å². The minimum atomic E-state index is -3.05. The fraction of sp³-hybridized carbons (Fsp3) is 0.450. The molecular weight excluding hydrogens is 434 g/mol. The van der Waals surface area contributed by atoms with Gasteiger partial charge in [-0.25, -0.2) is 13.6 Å². The zero-order chi connectivity index (χ0) is 23.2. The molecule has 0 N–H and O–H groups in total. The molecule has 0 bridgehead atoms. The Labute approximate surface area is 182 Å². The molecule has 8 nitrogen and oxygen atoms in total. The van der Waals surface area contributed by atoms with Gasteiger partial charge in [-0.2, -0.15) is 0 Å². The Balaban J connectivity index is 2.44. The molecule has 0 radical (unpaired) electrons. The molecule has 0 aliphatic carbocycles. The summed E-state index contributed by atoms with van der Waals surface area (Å²) in [5.41, 5.74) is -0.157. The van der Waals surface area contributed by atoms with Gasteiger partial charge < -0.3 is 13.7 Å². The molecule has 0 saturated carbocycles. The fourth-order valence-electron chi connectivity index (χ4n) is 2.36. The van der Waals surface area contributed by atoms with Gasteiger partial charge in [-0.05, 0) is 32.9 Å². The number of alkyl halides is 2. The molecular formula is C20H24F2N2O6S. The van der Waals surface area contributed by atoms with E-state index in [-0.39, 0.29) is 34.6 Å². The lowest BCUT2D eigenvalue weighted by molar-refractivity contribution is -0.0252. The van der Waals surface area contributed by atoms with Gasteiger partial charge in [-0.1, -0.05) is 0 Å². The lowest BCUT2D eigenvalue weighted by Gasteiger charge is -2.16. The van der Waals surface area contributed by atoms with Gasteiger partial charge in [0.25, 0.3) is 11.5 Å². The van der Waals surface area contributed by atoms with E-state index < -0.39 is 24.1 Å². The lowest BCUT2D eigenvalue weighted by atomic mass is 10.1. The predicted octanol–water partition coefficient (Wildman–Crippen LogP) is 4.03. The third-order valence-electron chi connectivity index (χ3n) is 3.71. The van der Waals surface area contributed by atoms with E-state index in [2.05, 4.69) is 4.98 Å². The number of carbonyl (C=O) groups excluding carboxylic acids is 1. The van der Waals surface area contributed by atoms with Crippen LogP contribution in [0.4, 0.5) is 8.78 Å². The number of hydrogen-bond donors (Lipinski definition) is 0. The van der Waals surface area contributed by atoms with Crippen LogP contribution in [-0.4, -0.2) is 40.8 Å². The molecule has 0 aliphatic heterocycles. The third kappa shape index (κ3) is 6.93.